The molecule has 0 N–H and O–H groups in total. The molecule has 0 aliphatic carbocycles. The van der Waals surface area contributed by atoms with Crippen LogP contribution in [0.4, 0.5) is 0 Å². The van der Waals surface area contributed by atoms with Gasteiger partial charge in [-0.3, -0.25) is 9.59 Å². The molecule has 8 heteroatoms. The lowest BCUT2D eigenvalue weighted by Gasteiger charge is -2.32. The van der Waals surface area contributed by atoms with Gasteiger partial charge in [0.05, 0.1) is 6.54 Å². The van der Waals surface area contributed by atoms with Gasteiger partial charge in [0, 0.05) is 36.0 Å². The third-order valence-electron chi connectivity index (χ3n) is 4.55. The molecule has 0 saturated carbocycles. The van der Waals surface area contributed by atoms with E-state index in [4.69, 9.17) is 11.6 Å². The fourth-order valence-corrected chi connectivity index (χ4v) is 3.42. The van der Waals surface area contributed by atoms with Gasteiger partial charge in [0.25, 0.3) is 0 Å². The number of carbonyl (C=O) groups excluding carboxylic acids is 2. The number of ketones is 1. The predicted octanol–water partition coefficient (Wildman–Crippen LogP) is 2.15. The van der Waals surface area contributed by atoms with Crippen molar-refractivity contribution in [3.8, 4) is 0 Å². The van der Waals surface area contributed by atoms with Gasteiger partial charge in [-0.15, -0.1) is 5.10 Å². The number of halogens is 1. The molecule has 1 aliphatic rings. The van der Waals surface area contributed by atoms with Gasteiger partial charge in [0.15, 0.2) is 5.78 Å². The molecule has 25 heavy (non-hydrogen) atoms. The summed E-state index contributed by atoms with van der Waals surface area (Å²) in [6.45, 7) is 3.49. The number of nitrogens with zero attached hydrogens (tertiary/aromatic N) is 5. The van der Waals surface area contributed by atoms with E-state index < -0.39 is 0 Å². The maximum Gasteiger partial charge on any atom is 0.224 e. The maximum absolute atomic E-state index is 12.8. The summed E-state index contributed by atoms with van der Waals surface area (Å²) in [5.41, 5.74) is 1.57. The zero-order valence-corrected chi connectivity index (χ0v) is 14.8. The van der Waals surface area contributed by atoms with E-state index in [0.717, 1.165) is 18.4 Å². The van der Waals surface area contributed by atoms with E-state index >= 15 is 0 Å². The van der Waals surface area contributed by atoms with Crippen molar-refractivity contribution >= 4 is 23.3 Å². The van der Waals surface area contributed by atoms with Gasteiger partial charge < -0.3 is 4.90 Å². The molecule has 1 fully saturated rings. The summed E-state index contributed by atoms with van der Waals surface area (Å²) in [7, 11) is 0. The lowest BCUT2D eigenvalue weighted by molar-refractivity contribution is -0.132. The first-order valence-corrected chi connectivity index (χ1v) is 8.71. The standard InChI is InChI=1S/C17H20ClN5O2/c1-12-9-14(18)4-5-15(12)17(25)13-3-2-7-22(10-13)16(24)6-8-23-11-19-20-21-23/h4-5,9,11,13H,2-3,6-8,10H2,1H3/t13-/m1/s1. The van der Waals surface area contributed by atoms with Crippen molar-refractivity contribution in [1.29, 1.82) is 0 Å². The van der Waals surface area contributed by atoms with Gasteiger partial charge in [-0.2, -0.15) is 0 Å². The zero-order chi connectivity index (χ0) is 17.8. The van der Waals surface area contributed by atoms with Crippen LogP contribution in [0.1, 0.15) is 35.2 Å². The number of tetrazole rings is 1. The minimum Gasteiger partial charge on any atom is -0.342 e. The van der Waals surface area contributed by atoms with E-state index in [1.165, 1.54) is 11.0 Å². The average Bonchev–Trinajstić information content (AvgIpc) is 3.13. The van der Waals surface area contributed by atoms with Crippen LogP contribution in [-0.2, 0) is 11.3 Å². The normalized spacial score (nSPS) is 17.5. The Morgan fingerprint density at radius 2 is 2.20 bits per heavy atom. The second-order valence-electron chi connectivity index (χ2n) is 6.33. The molecule has 0 spiro atoms. The molecule has 0 radical (unpaired) electrons. The van der Waals surface area contributed by atoms with Crippen LogP contribution in [0.5, 0.6) is 0 Å². The van der Waals surface area contributed by atoms with Crippen molar-refractivity contribution in [2.24, 2.45) is 5.92 Å². The Bertz CT molecular complexity index is 762. The molecule has 1 aromatic carbocycles. The van der Waals surface area contributed by atoms with Crippen LogP contribution in [0.3, 0.4) is 0 Å². The van der Waals surface area contributed by atoms with Crippen LogP contribution in [0.2, 0.25) is 5.02 Å². The van der Waals surface area contributed by atoms with E-state index in [1.54, 1.807) is 23.1 Å². The molecule has 2 heterocycles. The number of rotatable bonds is 5. The monoisotopic (exact) mass is 361 g/mol. The number of hydrogen-bond donors (Lipinski definition) is 0. The number of benzene rings is 1. The van der Waals surface area contributed by atoms with Crippen LogP contribution in [0, 0.1) is 12.8 Å². The van der Waals surface area contributed by atoms with Gasteiger partial charge in [-0.05, 0) is 54.0 Å². The molecule has 0 unspecified atom stereocenters. The number of Topliss-reactive ketones (excluding diaryl/α,β-unsaturated/α-hetero) is 1. The number of hydrogen-bond acceptors (Lipinski definition) is 5. The molecule has 1 aliphatic heterocycles. The molecular formula is C17H20ClN5O2. The van der Waals surface area contributed by atoms with Crippen molar-refractivity contribution in [3.63, 3.8) is 0 Å². The van der Waals surface area contributed by atoms with Crippen LogP contribution >= 0.6 is 11.6 Å². The first-order chi connectivity index (χ1) is 12.0. The third-order valence-corrected chi connectivity index (χ3v) is 4.78. The van der Waals surface area contributed by atoms with Crippen molar-refractivity contribution < 1.29 is 9.59 Å². The fraction of sp³-hybridized carbons (Fsp3) is 0.471. The van der Waals surface area contributed by atoms with Crippen molar-refractivity contribution in [1.82, 2.24) is 25.1 Å². The zero-order valence-electron chi connectivity index (χ0n) is 14.1. The van der Waals surface area contributed by atoms with Crippen LogP contribution in [-0.4, -0.2) is 49.9 Å². The van der Waals surface area contributed by atoms with Crippen LogP contribution < -0.4 is 0 Å². The number of carbonyl (C=O) groups is 2. The Hall–Kier alpha value is -2.28. The van der Waals surface area contributed by atoms with Crippen LogP contribution in [0.15, 0.2) is 24.5 Å². The van der Waals surface area contributed by atoms with Crippen molar-refractivity contribution in [2.75, 3.05) is 13.1 Å². The average molecular weight is 362 g/mol. The van der Waals surface area contributed by atoms with E-state index in [0.29, 0.717) is 36.6 Å². The van der Waals surface area contributed by atoms with Crippen LogP contribution in [0.25, 0.3) is 0 Å². The summed E-state index contributed by atoms with van der Waals surface area (Å²) in [5, 5.41) is 11.5. The SMILES string of the molecule is Cc1cc(Cl)ccc1C(=O)[C@@H]1CCCN(C(=O)CCn2cnnn2)C1. The molecule has 1 aromatic heterocycles. The Balaban J connectivity index is 1.62. The van der Waals surface area contributed by atoms with Gasteiger partial charge in [-0.1, -0.05) is 11.6 Å². The molecule has 1 atom stereocenters. The second-order valence-corrected chi connectivity index (χ2v) is 6.76. The summed E-state index contributed by atoms with van der Waals surface area (Å²) in [4.78, 5) is 27.0. The highest BCUT2D eigenvalue weighted by molar-refractivity contribution is 6.30. The molecule has 2 aromatic rings. The van der Waals surface area contributed by atoms with Crippen molar-refractivity contribution in [2.45, 2.75) is 32.7 Å². The van der Waals surface area contributed by atoms with Crippen molar-refractivity contribution in [3.05, 3.63) is 40.7 Å². The molecule has 0 bridgehead atoms. The van der Waals surface area contributed by atoms with Gasteiger partial charge in [0.2, 0.25) is 5.91 Å². The summed E-state index contributed by atoms with van der Waals surface area (Å²) in [6, 6.07) is 5.31. The Kier molecular flexibility index (Phi) is 5.43. The summed E-state index contributed by atoms with van der Waals surface area (Å²) in [6.07, 6.45) is 3.45. The number of amides is 1. The first-order valence-electron chi connectivity index (χ1n) is 8.33. The Labute approximate surface area is 151 Å². The van der Waals surface area contributed by atoms with E-state index in [1.807, 2.05) is 6.92 Å². The van der Waals surface area contributed by atoms with Gasteiger partial charge in [-0.25, -0.2) is 4.68 Å². The molecule has 1 amide bonds. The van der Waals surface area contributed by atoms with E-state index in [2.05, 4.69) is 15.5 Å². The Morgan fingerprint density at radius 3 is 2.92 bits per heavy atom. The molecule has 1 saturated heterocycles. The number of piperidine rings is 1. The van der Waals surface area contributed by atoms with Gasteiger partial charge in [0.1, 0.15) is 6.33 Å². The molecular weight excluding hydrogens is 342 g/mol. The van der Waals surface area contributed by atoms with E-state index in [-0.39, 0.29) is 17.6 Å². The highest BCUT2D eigenvalue weighted by Gasteiger charge is 2.29. The fourth-order valence-electron chi connectivity index (χ4n) is 3.19. The summed E-state index contributed by atoms with van der Waals surface area (Å²) >= 11 is 5.97. The van der Waals surface area contributed by atoms with Gasteiger partial charge >= 0.3 is 0 Å². The van der Waals surface area contributed by atoms with E-state index in [9.17, 15) is 9.59 Å². The quantitative estimate of drug-likeness (QED) is 0.762. The number of aromatic nitrogens is 4. The largest absolute Gasteiger partial charge is 0.342 e. The molecule has 3 rings (SSSR count). The topological polar surface area (TPSA) is 81.0 Å². The minimum absolute atomic E-state index is 0.0285. The molecule has 7 nitrogen and oxygen atoms in total. The second kappa shape index (κ2) is 7.74. The third kappa shape index (κ3) is 4.22. The highest BCUT2D eigenvalue weighted by atomic mass is 35.5. The Morgan fingerprint density at radius 1 is 1.36 bits per heavy atom. The lowest BCUT2D eigenvalue weighted by Crippen LogP contribution is -2.42. The maximum atomic E-state index is 12.8. The predicted molar refractivity (Wildman–Crippen MR) is 92.3 cm³/mol. The summed E-state index contributed by atoms with van der Waals surface area (Å²) in [5.74, 6) is -0.0430. The smallest absolute Gasteiger partial charge is 0.224 e. The first kappa shape index (κ1) is 17.5. The molecule has 132 valence electrons. The highest BCUT2D eigenvalue weighted by Crippen LogP contribution is 2.24. The minimum atomic E-state index is -0.161. The number of likely N-dealkylation sites (tertiary alicyclic amines) is 1. The lowest BCUT2D eigenvalue weighted by atomic mass is 9.88. The summed E-state index contributed by atoms with van der Waals surface area (Å²) < 4.78 is 1.53. The number of aryl methyl sites for hydroxylation is 2.